The minimum Gasteiger partial charge on any atom is -0.454 e. The van der Waals surface area contributed by atoms with Gasteiger partial charge >= 0.3 is 0 Å². The fourth-order valence-corrected chi connectivity index (χ4v) is 3.18. The maximum absolute atomic E-state index is 11.5. The van der Waals surface area contributed by atoms with Crippen molar-refractivity contribution in [2.75, 3.05) is 33.0 Å². The van der Waals surface area contributed by atoms with Gasteiger partial charge in [0.2, 0.25) is 6.79 Å². The Morgan fingerprint density at radius 1 is 1.28 bits per heavy atom. The summed E-state index contributed by atoms with van der Waals surface area (Å²) in [5, 5.41) is 14.9. The number of hydrogen-bond donors (Lipinski definition) is 1. The molecular weight excluding hydrogens is 369 g/mol. The molecule has 1 aromatic rings. The third-order valence-electron chi connectivity index (χ3n) is 4.31. The molecule has 0 radical (unpaired) electrons. The summed E-state index contributed by atoms with van der Waals surface area (Å²) in [7, 11) is 0. The first-order valence-corrected chi connectivity index (χ1v) is 7.84. The van der Waals surface area contributed by atoms with Gasteiger partial charge in [-0.15, -0.1) is 31.4 Å². The van der Waals surface area contributed by atoms with Crippen LogP contribution in [0.4, 0.5) is 5.69 Å². The molecule has 1 fully saturated rings. The first kappa shape index (κ1) is 21.5. The van der Waals surface area contributed by atoms with Gasteiger partial charge in [0.25, 0.3) is 5.69 Å². The number of halogens is 2. The lowest BCUT2D eigenvalue weighted by Gasteiger charge is -2.35. The molecule has 2 aliphatic heterocycles. The third kappa shape index (κ3) is 4.76. The molecule has 0 bridgehead atoms. The van der Waals surface area contributed by atoms with Crippen molar-refractivity contribution in [3.8, 4) is 11.5 Å². The van der Waals surface area contributed by atoms with Gasteiger partial charge in [-0.05, 0) is 18.9 Å². The zero-order valence-corrected chi connectivity index (χ0v) is 15.4. The molecule has 1 saturated heterocycles. The number of rotatable bonds is 6. The zero-order valence-electron chi connectivity index (χ0n) is 13.8. The van der Waals surface area contributed by atoms with E-state index in [0.29, 0.717) is 17.1 Å². The highest BCUT2D eigenvalue weighted by Gasteiger charge is 2.31. The van der Waals surface area contributed by atoms with Gasteiger partial charge in [0.15, 0.2) is 11.5 Å². The van der Waals surface area contributed by atoms with Gasteiger partial charge in [0.1, 0.15) is 0 Å². The first-order valence-electron chi connectivity index (χ1n) is 7.84. The summed E-state index contributed by atoms with van der Waals surface area (Å²) in [6.07, 6.45) is 3.46. The van der Waals surface area contributed by atoms with E-state index in [1.807, 2.05) is 6.08 Å². The number of ether oxygens (including phenoxy) is 2. The van der Waals surface area contributed by atoms with Gasteiger partial charge in [0, 0.05) is 32.2 Å². The van der Waals surface area contributed by atoms with E-state index in [9.17, 15) is 10.1 Å². The Morgan fingerprint density at radius 2 is 1.92 bits per heavy atom. The molecule has 1 aromatic carbocycles. The van der Waals surface area contributed by atoms with Crippen LogP contribution in [0.25, 0.3) is 0 Å². The maximum atomic E-state index is 11.5. The Morgan fingerprint density at radius 3 is 2.52 bits per heavy atom. The topological polar surface area (TPSA) is 76.9 Å². The van der Waals surface area contributed by atoms with Crippen molar-refractivity contribution < 1.29 is 14.4 Å². The molecule has 2 aliphatic rings. The predicted molar refractivity (Wildman–Crippen MR) is 100 cm³/mol. The summed E-state index contributed by atoms with van der Waals surface area (Å²) in [6.45, 7) is 7.41. The van der Waals surface area contributed by atoms with Gasteiger partial charge in [-0.1, -0.05) is 6.08 Å². The number of benzene rings is 1. The standard InChI is InChI=1S/C16H21N3O4.2ClH/c1-2-3-4-13(18-7-5-17-6-8-18)12-9-15-16(23-11-22-15)10-14(12)19(20)21;;/h2,9-10,13,17H,1,3-8,11H2;2*1H/t13-;;/m0../s1. The van der Waals surface area contributed by atoms with Gasteiger partial charge in [-0.2, -0.15) is 0 Å². The minimum absolute atomic E-state index is 0. The van der Waals surface area contributed by atoms with Crippen LogP contribution in [-0.4, -0.2) is 42.8 Å². The molecular formula is C16H23Cl2N3O4. The van der Waals surface area contributed by atoms with Gasteiger partial charge in [-0.25, -0.2) is 0 Å². The molecule has 0 saturated carbocycles. The molecule has 9 heteroatoms. The van der Waals surface area contributed by atoms with Crippen LogP contribution in [0.3, 0.4) is 0 Å². The second kappa shape index (κ2) is 9.82. The fraction of sp³-hybridized carbons (Fsp3) is 0.500. The molecule has 0 unspecified atom stereocenters. The summed E-state index contributed by atoms with van der Waals surface area (Å²) in [4.78, 5) is 13.5. The predicted octanol–water partition coefficient (Wildman–Crippen LogP) is 3.08. The van der Waals surface area contributed by atoms with Crippen LogP contribution in [-0.2, 0) is 0 Å². The Bertz CT molecular complexity index is 609. The molecule has 1 N–H and O–H groups in total. The van der Waals surface area contributed by atoms with Crippen molar-refractivity contribution in [2.45, 2.75) is 18.9 Å². The molecule has 1 atom stereocenters. The van der Waals surface area contributed by atoms with Crippen LogP contribution in [0.2, 0.25) is 0 Å². The lowest BCUT2D eigenvalue weighted by molar-refractivity contribution is -0.386. The highest BCUT2D eigenvalue weighted by atomic mass is 35.5. The zero-order chi connectivity index (χ0) is 16.2. The Labute approximate surface area is 159 Å². The molecule has 25 heavy (non-hydrogen) atoms. The maximum Gasteiger partial charge on any atom is 0.278 e. The molecule has 140 valence electrons. The van der Waals surface area contributed by atoms with E-state index in [-0.39, 0.29) is 48.3 Å². The average Bonchev–Trinajstić information content (AvgIpc) is 3.02. The number of nitro benzene ring substituents is 1. The number of piperazine rings is 1. The van der Waals surface area contributed by atoms with E-state index in [0.717, 1.165) is 39.0 Å². The smallest absolute Gasteiger partial charge is 0.278 e. The Balaban J connectivity index is 0.00000156. The van der Waals surface area contributed by atoms with E-state index in [2.05, 4.69) is 16.8 Å². The van der Waals surface area contributed by atoms with Crippen molar-refractivity contribution in [1.82, 2.24) is 10.2 Å². The second-order valence-corrected chi connectivity index (χ2v) is 5.69. The van der Waals surface area contributed by atoms with Crippen LogP contribution >= 0.6 is 24.8 Å². The van der Waals surface area contributed by atoms with Crippen LogP contribution in [0, 0.1) is 10.1 Å². The van der Waals surface area contributed by atoms with Crippen LogP contribution in [0.5, 0.6) is 11.5 Å². The molecule has 0 aromatic heterocycles. The monoisotopic (exact) mass is 391 g/mol. The summed E-state index contributed by atoms with van der Waals surface area (Å²) in [6, 6.07) is 3.24. The lowest BCUT2D eigenvalue weighted by Crippen LogP contribution is -2.45. The molecule has 3 rings (SSSR count). The van der Waals surface area contributed by atoms with E-state index in [1.165, 1.54) is 6.07 Å². The van der Waals surface area contributed by atoms with E-state index < -0.39 is 0 Å². The Hall–Kier alpha value is -1.54. The summed E-state index contributed by atoms with van der Waals surface area (Å²) < 4.78 is 10.7. The summed E-state index contributed by atoms with van der Waals surface area (Å²) in [5.41, 5.74) is 0.796. The largest absolute Gasteiger partial charge is 0.454 e. The molecule has 0 spiro atoms. The highest BCUT2D eigenvalue weighted by molar-refractivity contribution is 5.85. The number of nitro groups is 1. The van der Waals surface area contributed by atoms with Crippen molar-refractivity contribution in [2.24, 2.45) is 0 Å². The van der Waals surface area contributed by atoms with Crippen LogP contribution < -0.4 is 14.8 Å². The fourth-order valence-electron chi connectivity index (χ4n) is 3.18. The number of nitrogens with one attached hydrogen (secondary N) is 1. The van der Waals surface area contributed by atoms with Crippen molar-refractivity contribution in [3.63, 3.8) is 0 Å². The second-order valence-electron chi connectivity index (χ2n) is 5.69. The van der Waals surface area contributed by atoms with Gasteiger partial charge in [0.05, 0.1) is 16.6 Å². The summed E-state index contributed by atoms with van der Waals surface area (Å²) in [5.74, 6) is 1.03. The van der Waals surface area contributed by atoms with E-state index in [1.54, 1.807) is 6.07 Å². The number of fused-ring (bicyclic) bond motifs is 1. The van der Waals surface area contributed by atoms with Gasteiger partial charge < -0.3 is 14.8 Å². The van der Waals surface area contributed by atoms with Crippen LogP contribution in [0.1, 0.15) is 24.4 Å². The summed E-state index contributed by atoms with van der Waals surface area (Å²) >= 11 is 0. The number of nitrogens with zero attached hydrogens (tertiary/aromatic N) is 2. The van der Waals surface area contributed by atoms with Crippen molar-refractivity contribution in [3.05, 3.63) is 40.5 Å². The quantitative estimate of drug-likeness (QED) is 0.456. The SMILES string of the molecule is C=CCC[C@@H](c1cc2c(cc1[N+](=O)[O-])OCO2)N1CCNCC1.Cl.Cl. The minimum atomic E-state index is -0.333. The number of hydrogen-bond acceptors (Lipinski definition) is 6. The lowest BCUT2D eigenvalue weighted by atomic mass is 9.97. The van der Waals surface area contributed by atoms with Crippen LogP contribution in [0.15, 0.2) is 24.8 Å². The van der Waals surface area contributed by atoms with E-state index in [4.69, 9.17) is 9.47 Å². The molecule has 2 heterocycles. The van der Waals surface area contributed by atoms with E-state index >= 15 is 0 Å². The normalized spacial score (nSPS) is 17.1. The van der Waals surface area contributed by atoms with Gasteiger partial charge in [-0.3, -0.25) is 15.0 Å². The molecule has 0 aliphatic carbocycles. The van der Waals surface area contributed by atoms with Crippen molar-refractivity contribution in [1.29, 1.82) is 0 Å². The molecule has 7 nitrogen and oxygen atoms in total. The van der Waals surface area contributed by atoms with Crippen molar-refractivity contribution >= 4 is 30.5 Å². The average molecular weight is 392 g/mol. The third-order valence-corrected chi connectivity index (χ3v) is 4.31. The number of allylic oxidation sites excluding steroid dienone is 1. The highest BCUT2D eigenvalue weighted by Crippen LogP contribution is 2.42. The molecule has 0 amide bonds. The first-order chi connectivity index (χ1) is 11.2. The Kier molecular flexibility index (Phi) is 8.44.